The molecule has 3 aliphatic rings. The number of carbonyl (C=O) groups excluding carboxylic acids is 1. The Morgan fingerprint density at radius 2 is 1.91 bits per heavy atom. The van der Waals surface area contributed by atoms with E-state index in [-0.39, 0.29) is 0 Å². The number of likely N-dealkylation sites (tertiary alicyclic amines) is 2. The van der Waals surface area contributed by atoms with Crippen LogP contribution in [0.15, 0.2) is 24.3 Å². The molecule has 1 aromatic carbocycles. The second-order valence-electron chi connectivity index (χ2n) is 8.05. The first-order valence-corrected chi connectivity index (χ1v) is 9.21. The molecule has 124 valence electrons. The van der Waals surface area contributed by atoms with Gasteiger partial charge in [0.1, 0.15) is 0 Å². The summed E-state index contributed by atoms with van der Waals surface area (Å²) in [7, 11) is 0. The van der Waals surface area contributed by atoms with Gasteiger partial charge in [-0.3, -0.25) is 9.69 Å². The zero-order valence-corrected chi connectivity index (χ0v) is 14.3. The second kappa shape index (κ2) is 5.94. The molecule has 1 saturated carbocycles. The van der Waals surface area contributed by atoms with Gasteiger partial charge in [0.15, 0.2) is 0 Å². The highest BCUT2D eigenvalue weighted by atomic mass is 16.2. The molecule has 0 radical (unpaired) electrons. The largest absolute Gasteiger partial charge is 0.339 e. The van der Waals surface area contributed by atoms with Crippen LogP contribution in [0, 0.1) is 12.3 Å². The molecule has 1 aromatic rings. The van der Waals surface area contributed by atoms with Gasteiger partial charge >= 0.3 is 0 Å². The average molecular weight is 312 g/mol. The lowest BCUT2D eigenvalue weighted by molar-refractivity contribution is -0.140. The summed E-state index contributed by atoms with van der Waals surface area (Å²) in [6.07, 6.45) is 6.91. The minimum absolute atomic E-state index is 0.361. The predicted octanol–water partition coefficient (Wildman–Crippen LogP) is 3.36. The molecule has 1 spiro atoms. The third-order valence-corrected chi connectivity index (χ3v) is 5.95. The number of hydrogen-bond donors (Lipinski definition) is 0. The number of rotatable bonds is 3. The van der Waals surface area contributed by atoms with Crippen molar-refractivity contribution in [2.45, 2.75) is 58.0 Å². The molecule has 2 aliphatic heterocycles. The number of amides is 1. The third kappa shape index (κ3) is 3.30. The molecule has 1 unspecified atom stereocenters. The van der Waals surface area contributed by atoms with Crippen LogP contribution in [-0.4, -0.2) is 41.4 Å². The monoisotopic (exact) mass is 312 g/mol. The van der Waals surface area contributed by atoms with Crippen LogP contribution < -0.4 is 0 Å². The van der Waals surface area contributed by atoms with Crippen molar-refractivity contribution in [3.63, 3.8) is 0 Å². The molecule has 0 N–H and O–H groups in total. The quantitative estimate of drug-likeness (QED) is 0.854. The first kappa shape index (κ1) is 15.2. The zero-order chi connectivity index (χ0) is 15.9. The van der Waals surface area contributed by atoms with Crippen molar-refractivity contribution >= 4 is 5.91 Å². The summed E-state index contributed by atoms with van der Waals surface area (Å²) in [5.74, 6) is 0.411. The first-order valence-electron chi connectivity index (χ1n) is 9.21. The Morgan fingerprint density at radius 1 is 1.13 bits per heavy atom. The molecule has 3 fully saturated rings. The summed E-state index contributed by atoms with van der Waals surface area (Å²) < 4.78 is 0. The van der Waals surface area contributed by atoms with Gasteiger partial charge in [-0.2, -0.15) is 0 Å². The number of nitrogens with zero attached hydrogens (tertiary/aromatic N) is 2. The lowest BCUT2D eigenvalue weighted by Gasteiger charge is -2.48. The molecule has 1 amide bonds. The van der Waals surface area contributed by atoms with Gasteiger partial charge in [-0.1, -0.05) is 29.8 Å². The van der Waals surface area contributed by atoms with E-state index < -0.39 is 0 Å². The van der Waals surface area contributed by atoms with Crippen molar-refractivity contribution in [2.24, 2.45) is 5.41 Å². The van der Waals surface area contributed by atoms with Gasteiger partial charge in [-0.05, 0) is 51.1 Å². The third-order valence-electron chi connectivity index (χ3n) is 5.95. The highest BCUT2D eigenvalue weighted by Crippen LogP contribution is 2.42. The lowest BCUT2D eigenvalue weighted by Crippen LogP contribution is -2.54. The zero-order valence-electron chi connectivity index (χ0n) is 14.3. The average Bonchev–Trinajstić information content (AvgIpc) is 3.38. The Hall–Kier alpha value is -1.35. The normalized spacial score (nSPS) is 29.3. The molecule has 23 heavy (non-hydrogen) atoms. The molecular weight excluding hydrogens is 284 g/mol. The maximum Gasteiger partial charge on any atom is 0.222 e. The Bertz CT molecular complexity index is 578. The predicted molar refractivity (Wildman–Crippen MR) is 92.1 cm³/mol. The van der Waals surface area contributed by atoms with Crippen LogP contribution in [0.3, 0.4) is 0 Å². The standard InChI is InChI=1S/C20H28N2O/c1-16-3-5-17(6-4-16)13-21-12-2-10-20(14-21)11-9-19(23)22(15-20)18-7-8-18/h3-6,18H,2,7-15H2,1H3. The van der Waals surface area contributed by atoms with E-state index >= 15 is 0 Å². The minimum atomic E-state index is 0.361. The maximum absolute atomic E-state index is 12.2. The smallest absolute Gasteiger partial charge is 0.222 e. The number of carbonyl (C=O) groups is 1. The van der Waals surface area contributed by atoms with E-state index in [2.05, 4.69) is 41.0 Å². The maximum atomic E-state index is 12.2. The number of benzene rings is 1. The molecule has 0 bridgehead atoms. The highest BCUT2D eigenvalue weighted by molar-refractivity contribution is 5.78. The van der Waals surface area contributed by atoms with Crippen molar-refractivity contribution in [3.05, 3.63) is 35.4 Å². The Kier molecular flexibility index (Phi) is 3.92. The van der Waals surface area contributed by atoms with Crippen LogP contribution >= 0.6 is 0 Å². The Balaban J connectivity index is 1.43. The van der Waals surface area contributed by atoms with E-state index in [1.165, 1.54) is 43.4 Å². The topological polar surface area (TPSA) is 23.6 Å². The van der Waals surface area contributed by atoms with Crippen LogP contribution in [0.1, 0.15) is 49.7 Å². The van der Waals surface area contributed by atoms with E-state index in [9.17, 15) is 4.79 Å². The lowest BCUT2D eigenvalue weighted by atomic mass is 9.73. The van der Waals surface area contributed by atoms with Gasteiger partial charge in [0.25, 0.3) is 0 Å². The van der Waals surface area contributed by atoms with Gasteiger partial charge in [-0.15, -0.1) is 0 Å². The van der Waals surface area contributed by atoms with Crippen molar-refractivity contribution in [3.8, 4) is 0 Å². The molecule has 2 heterocycles. The van der Waals surface area contributed by atoms with Crippen molar-refractivity contribution in [2.75, 3.05) is 19.6 Å². The molecule has 4 rings (SSSR count). The van der Waals surface area contributed by atoms with Crippen molar-refractivity contribution in [1.82, 2.24) is 9.80 Å². The van der Waals surface area contributed by atoms with Gasteiger partial charge in [0.05, 0.1) is 0 Å². The molecule has 1 atom stereocenters. The molecular formula is C20H28N2O. The Labute approximate surface area is 139 Å². The fraction of sp³-hybridized carbons (Fsp3) is 0.650. The van der Waals surface area contributed by atoms with E-state index in [1.54, 1.807) is 0 Å². The summed E-state index contributed by atoms with van der Waals surface area (Å²) >= 11 is 0. The Morgan fingerprint density at radius 3 is 2.65 bits per heavy atom. The van der Waals surface area contributed by atoms with Crippen molar-refractivity contribution in [1.29, 1.82) is 0 Å². The van der Waals surface area contributed by atoms with Gasteiger partial charge in [0.2, 0.25) is 5.91 Å². The highest BCUT2D eigenvalue weighted by Gasteiger charge is 2.45. The summed E-state index contributed by atoms with van der Waals surface area (Å²) in [5.41, 5.74) is 3.10. The fourth-order valence-electron chi connectivity index (χ4n) is 4.49. The van der Waals surface area contributed by atoms with E-state index in [4.69, 9.17) is 0 Å². The van der Waals surface area contributed by atoms with Crippen LogP contribution in [0.25, 0.3) is 0 Å². The second-order valence-corrected chi connectivity index (χ2v) is 8.05. The van der Waals surface area contributed by atoms with E-state index in [0.29, 0.717) is 17.4 Å². The van der Waals surface area contributed by atoms with E-state index in [1.807, 2.05) is 0 Å². The number of aryl methyl sites for hydroxylation is 1. The first-order chi connectivity index (χ1) is 11.1. The molecule has 3 heteroatoms. The summed E-state index contributed by atoms with van der Waals surface area (Å²) in [5, 5.41) is 0. The summed E-state index contributed by atoms with van der Waals surface area (Å²) in [4.78, 5) is 17.1. The molecule has 1 aliphatic carbocycles. The summed E-state index contributed by atoms with van der Waals surface area (Å²) in [6, 6.07) is 9.52. The molecule has 3 nitrogen and oxygen atoms in total. The van der Waals surface area contributed by atoms with E-state index in [0.717, 1.165) is 32.5 Å². The number of piperidine rings is 2. The van der Waals surface area contributed by atoms with Crippen LogP contribution in [0.5, 0.6) is 0 Å². The van der Waals surface area contributed by atoms with Crippen molar-refractivity contribution < 1.29 is 4.79 Å². The fourth-order valence-corrected chi connectivity index (χ4v) is 4.49. The van der Waals surface area contributed by atoms with Crippen LogP contribution in [0.2, 0.25) is 0 Å². The van der Waals surface area contributed by atoms with Crippen LogP contribution in [0.4, 0.5) is 0 Å². The minimum Gasteiger partial charge on any atom is -0.339 e. The van der Waals surface area contributed by atoms with Gasteiger partial charge in [-0.25, -0.2) is 0 Å². The molecule has 2 saturated heterocycles. The van der Waals surface area contributed by atoms with Gasteiger partial charge in [0, 0.05) is 37.5 Å². The van der Waals surface area contributed by atoms with Crippen LogP contribution in [-0.2, 0) is 11.3 Å². The summed E-state index contributed by atoms with van der Waals surface area (Å²) in [6.45, 7) is 6.58. The number of hydrogen-bond acceptors (Lipinski definition) is 2. The van der Waals surface area contributed by atoms with Gasteiger partial charge < -0.3 is 4.90 Å². The molecule has 0 aromatic heterocycles. The SMILES string of the molecule is Cc1ccc(CN2CCCC3(CCC(=O)N(C4CC4)C3)C2)cc1.